The van der Waals surface area contributed by atoms with Gasteiger partial charge in [0, 0.05) is 0 Å². The van der Waals surface area contributed by atoms with Gasteiger partial charge in [0.25, 0.3) is 0 Å². The van der Waals surface area contributed by atoms with Crippen molar-refractivity contribution >= 4 is 0 Å². The smallest absolute Gasteiger partial charge is 0.0135 e. The Bertz CT molecular complexity index is 241. The number of hydrogen-bond donors (Lipinski definition) is 0. The second kappa shape index (κ2) is 5.58. The van der Waals surface area contributed by atoms with E-state index in [4.69, 9.17) is 0 Å². The molecule has 1 aliphatic carbocycles. The van der Waals surface area contributed by atoms with E-state index in [1.54, 1.807) is 0 Å². The zero-order valence-electron chi connectivity index (χ0n) is 8.48. The maximum atomic E-state index is 2.30. The van der Waals surface area contributed by atoms with Crippen molar-refractivity contribution in [3.8, 4) is 0 Å². The third-order valence-corrected chi connectivity index (χ3v) is 2.41. The predicted molar refractivity (Wildman–Crippen MR) is 59.5 cm³/mol. The number of rotatable bonds is 3. The zero-order valence-corrected chi connectivity index (χ0v) is 8.48. The van der Waals surface area contributed by atoms with Gasteiger partial charge in [0.15, 0.2) is 0 Å². The second-order valence-electron chi connectivity index (χ2n) is 3.48. The van der Waals surface area contributed by atoms with Crippen molar-refractivity contribution in [3.05, 3.63) is 48.6 Å². The summed E-state index contributed by atoms with van der Waals surface area (Å²) in [5.41, 5.74) is 0. The van der Waals surface area contributed by atoms with Crippen LogP contribution in [-0.2, 0) is 0 Å². The molecule has 13 heavy (non-hydrogen) atoms. The van der Waals surface area contributed by atoms with E-state index in [2.05, 4.69) is 55.5 Å². The standard InChI is InChI=1S/C13H18/c1-3-4-5-6-10-13-11-8-7-9-12(13)2/h3-9,11-13H,10H2,1-2H3/b4-3-,6-5-/t12-,13?/m0/s1. The molecule has 1 unspecified atom stereocenters. The Morgan fingerprint density at radius 1 is 1.15 bits per heavy atom. The van der Waals surface area contributed by atoms with E-state index >= 15 is 0 Å². The van der Waals surface area contributed by atoms with Gasteiger partial charge in [-0.25, -0.2) is 0 Å². The Balaban J connectivity index is 2.37. The Kier molecular flexibility index (Phi) is 4.31. The van der Waals surface area contributed by atoms with Gasteiger partial charge in [-0.15, -0.1) is 0 Å². The molecular formula is C13H18. The summed E-state index contributed by atoms with van der Waals surface area (Å²) in [6.07, 6.45) is 18.5. The third kappa shape index (κ3) is 3.45. The Labute approximate surface area is 81.4 Å². The lowest BCUT2D eigenvalue weighted by Gasteiger charge is -2.18. The van der Waals surface area contributed by atoms with Gasteiger partial charge in [-0.2, -0.15) is 0 Å². The molecule has 2 atom stereocenters. The molecule has 1 aliphatic rings. The van der Waals surface area contributed by atoms with E-state index in [9.17, 15) is 0 Å². The van der Waals surface area contributed by atoms with Gasteiger partial charge >= 0.3 is 0 Å². The first-order valence-corrected chi connectivity index (χ1v) is 4.97. The first kappa shape index (κ1) is 10.0. The molecule has 0 bridgehead atoms. The summed E-state index contributed by atoms with van der Waals surface area (Å²) in [5, 5.41) is 0. The molecule has 0 aromatic heterocycles. The molecule has 0 aromatic carbocycles. The first-order valence-electron chi connectivity index (χ1n) is 4.97. The normalized spacial score (nSPS) is 27.8. The molecule has 1 rings (SSSR count). The topological polar surface area (TPSA) is 0 Å². The lowest BCUT2D eigenvalue weighted by atomic mass is 9.87. The van der Waals surface area contributed by atoms with Crippen LogP contribution < -0.4 is 0 Å². The van der Waals surface area contributed by atoms with Crippen LogP contribution in [0.25, 0.3) is 0 Å². The van der Waals surface area contributed by atoms with Crippen LogP contribution in [0.2, 0.25) is 0 Å². The van der Waals surface area contributed by atoms with E-state index in [1.165, 1.54) is 0 Å². The lowest BCUT2D eigenvalue weighted by molar-refractivity contribution is 0.513. The minimum atomic E-state index is 0.681. The van der Waals surface area contributed by atoms with Gasteiger partial charge < -0.3 is 0 Å². The quantitative estimate of drug-likeness (QED) is 0.569. The second-order valence-corrected chi connectivity index (χ2v) is 3.48. The molecule has 0 aromatic rings. The van der Waals surface area contributed by atoms with Crippen molar-refractivity contribution in [2.75, 3.05) is 0 Å². The molecule has 70 valence electrons. The van der Waals surface area contributed by atoms with Crippen molar-refractivity contribution in [1.82, 2.24) is 0 Å². The first-order chi connectivity index (χ1) is 6.34. The van der Waals surface area contributed by atoms with Crippen molar-refractivity contribution < 1.29 is 0 Å². The monoisotopic (exact) mass is 174 g/mol. The van der Waals surface area contributed by atoms with E-state index in [0.717, 1.165) is 6.42 Å². The van der Waals surface area contributed by atoms with Gasteiger partial charge in [-0.1, -0.05) is 55.5 Å². The van der Waals surface area contributed by atoms with Crippen molar-refractivity contribution in [1.29, 1.82) is 0 Å². The summed E-state index contributed by atoms with van der Waals surface area (Å²) in [6.45, 7) is 4.31. The molecule has 0 saturated heterocycles. The minimum Gasteiger partial charge on any atom is -0.0877 e. The summed E-state index contributed by atoms with van der Waals surface area (Å²) < 4.78 is 0. The van der Waals surface area contributed by atoms with E-state index in [1.807, 2.05) is 6.92 Å². The highest BCUT2D eigenvalue weighted by Gasteiger charge is 2.11. The Morgan fingerprint density at radius 2 is 1.92 bits per heavy atom. The van der Waals surface area contributed by atoms with E-state index < -0.39 is 0 Å². The average Bonchev–Trinajstić information content (AvgIpc) is 2.15. The average molecular weight is 174 g/mol. The van der Waals surface area contributed by atoms with Crippen LogP contribution in [-0.4, -0.2) is 0 Å². The van der Waals surface area contributed by atoms with Gasteiger partial charge in [-0.3, -0.25) is 0 Å². The molecule has 0 fully saturated rings. The summed E-state index contributed by atoms with van der Waals surface area (Å²) >= 11 is 0. The van der Waals surface area contributed by atoms with Crippen LogP contribution in [0, 0.1) is 11.8 Å². The maximum absolute atomic E-state index is 2.30. The van der Waals surface area contributed by atoms with Crippen LogP contribution in [0.4, 0.5) is 0 Å². The molecule has 0 heterocycles. The molecule has 0 spiro atoms. The molecule has 0 heteroatoms. The van der Waals surface area contributed by atoms with Crippen LogP contribution >= 0.6 is 0 Å². The summed E-state index contributed by atoms with van der Waals surface area (Å²) in [5.74, 6) is 1.37. The maximum Gasteiger partial charge on any atom is -0.0135 e. The fourth-order valence-corrected chi connectivity index (χ4v) is 1.48. The van der Waals surface area contributed by atoms with Gasteiger partial charge in [0.1, 0.15) is 0 Å². The highest BCUT2D eigenvalue weighted by Crippen LogP contribution is 2.22. The molecule has 0 saturated carbocycles. The zero-order chi connectivity index (χ0) is 9.52. The van der Waals surface area contributed by atoms with Crippen LogP contribution in [0.3, 0.4) is 0 Å². The largest absolute Gasteiger partial charge is 0.0877 e. The van der Waals surface area contributed by atoms with Crippen molar-refractivity contribution in [2.24, 2.45) is 11.8 Å². The molecular weight excluding hydrogens is 156 g/mol. The summed E-state index contributed by atoms with van der Waals surface area (Å²) in [6, 6.07) is 0. The predicted octanol–water partition coefficient (Wildman–Crippen LogP) is 3.89. The fourth-order valence-electron chi connectivity index (χ4n) is 1.48. The fraction of sp³-hybridized carbons (Fsp3) is 0.385. The number of allylic oxidation sites excluding steroid dienone is 8. The van der Waals surface area contributed by atoms with Crippen LogP contribution in [0.5, 0.6) is 0 Å². The highest BCUT2D eigenvalue weighted by atomic mass is 14.2. The van der Waals surface area contributed by atoms with Crippen molar-refractivity contribution in [2.45, 2.75) is 20.3 Å². The Morgan fingerprint density at radius 3 is 2.62 bits per heavy atom. The van der Waals surface area contributed by atoms with Gasteiger partial charge in [0.05, 0.1) is 0 Å². The molecule has 0 aliphatic heterocycles. The Hall–Kier alpha value is -1.04. The minimum absolute atomic E-state index is 0.681. The van der Waals surface area contributed by atoms with Gasteiger partial charge in [0.2, 0.25) is 0 Å². The summed E-state index contributed by atoms with van der Waals surface area (Å²) in [7, 11) is 0. The molecule has 0 N–H and O–H groups in total. The highest BCUT2D eigenvalue weighted by molar-refractivity contribution is 5.15. The SMILES string of the molecule is C/C=C\C=C/CC1C=CC=C[C@@H]1C. The molecule has 0 amide bonds. The van der Waals surface area contributed by atoms with Gasteiger partial charge in [-0.05, 0) is 25.2 Å². The van der Waals surface area contributed by atoms with Crippen LogP contribution in [0.15, 0.2) is 48.6 Å². The van der Waals surface area contributed by atoms with Crippen molar-refractivity contribution in [3.63, 3.8) is 0 Å². The van der Waals surface area contributed by atoms with E-state index in [-0.39, 0.29) is 0 Å². The lowest BCUT2D eigenvalue weighted by Crippen LogP contribution is -2.07. The van der Waals surface area contributed by atoms with Crippen LogP contribution in [0.1, 0.15) is 20.3 Å². The van der Waals surface area contributed by atoms with E-state index in [0.29, 0.717) is 11.8 Å². The summed E-state index contributed by atoms with van der Waals surface area (Å²) in [4.78, 5) is 0. The molecule has 0 radical (unpaired) electrons. The molecule has 0 nitrogen and oxygen atoms in total. The number of hydrogen-bond acceptors (Lipinski definition) is 0. The third-order valence-electron chi connectivity index (χ3n) is 2.41.